The summed E-state index contributed by atoms with van der Waals surface area (Å²) in [6, 6.07) is 36.2. The maximum absolute atomic E-state index is 2.45. The molecule has 0 atom stereocenters. The van der Waals surface area contributed by atoms with Gasteiger partial charge in [0.1, 0.15) is 0 Å². The van der Waals surface area contributed by atoms with Gasteiger partial charge in [0.2, 0.25) is 0 Å². The van der Waals surface area contributed by atoms with Crippen LogP contribution < -0.4 is 0 Å². The molecule has 0 aromatic heterocycles. The molecule has 0 aliphatic carbocycles. The van der Waals surface area contributed by atoms with Crippen LogP contribution in [0, 0.1) is 41.5 Å². The van der Waals surface area contributed by atoms with E-state index < -0.39 is 0 Å². The predicted molar refractivity (Wildman–Crippen MR) is 166 cm³/mol. The third-order valence-electron chi connectivity index (χ3n) is 8.00. The van der Waals surface area contributed by atoms with Gasteiger partial charge in [-0.15, -0.1) is 0 Å². The highest BCUT2D eigenvalue weighted by Gasteiger charge is 2.21. The monoisotopic (exact) mass is 490 g/mol. The molecule has 0 heteroatoms. The minimum Gasteiger partial charge on any atom is -0.0622 e. The number of aryl methyl sites for hydroxylation is 6. The van der Waals surface area contributed by atoms with Gasteiger partial charge < -0.3 is 0 Å². The predicted octanol–water partition coefficient (Wildman–Crippen LogP) is 10.8. The Morgan fingerprint density at radius 2 is 0.842 bits per heavy atom. The first-order valence-electron chi connectivity index (χ1n) is 13.5. The van der Waals surface area contributed by atoms with Gasteiger partial charge in [0, 0.05) is 0 Å². The van der Waals surface area contributed by atoms with E-state index >= 15 is 0 Å². The first-order chi connectivity index (χ1) is 18.3. The highest BCUT2D eigenvalue weighted by atomic mass is 14.2. The van der Waals surface area contributed by atoms with E-state index in [1.807, 2.05) is 0 Å². The molecule has 0 fully saturated rings. The molecule has 0 nitrogen and oxygen atoms in total. The Morgan fingerprint density at radius 3 is 1.45 bits per heavy atom. The van der Waals surface area contributed by atoms with Crippen molar-refractivity contribution in [2.45, 2.75) is 41.5 Å². The van der Waals surface area contributed by atoms with E-state index in [0.29, 0.717) is 0 Å². The highest BCUT2D eigenvalue weighted by molar-refractivity contribution is 6.19. The zero-order valence-electron chi connectivity index (χ0n) is 23.2. The second kappa shape index (κ2) is 9.30. The second-order valence-electron chi connectivity index (χ2n) is 11.0. The maximum atomic E-state index is 2.45. The van der Waals surface area contributed by atoms with Crippen LogP contribution in [0.15, 0.2) is 97.1 Å². The quantitative estimate of drug-likeness (QED) is 0.216. The third kappa shape index (κ3) is 3.92. The normalized spacial score (nSPS) is 11.4. The number of benzene rings is 6. The zero-order valence-corrected chi connectivity index (χ0v) is 23.2. The van der Waals surface area contributed by atoms with Crippen molar-refractivity contribution in [2.75, 3.05) is 0 Å². The Morgan fingerprint density at radius 1 is 0.342 bits per heavy atom. The summed E-state index contributed by atoms with van der Waals surface area (Å²) in [7, 11) is 0. The van der Waals surface area contributed by atoms with Gasteiger partial charge >= 0.3 is 0 Å². The van der Waals surface area contributed by atoms with E-state index in [4.69, 9.17) is 0 Å². The van der Waals surface area contributed by atoms with E-state index in [-0.39, 0.29) is 0 Å². The fraction of sp³-hybridized carbons (Fsp3) is 0.158. The smallest absolute Gasteiger partial charge is 0.00208 e. The van der Waals surface area contributed by atoms with Crippen LogP contribution in [-0.4, -0.2) is 0 Å². The van der Waals surface area contributed by atoms with Crippen molar-refractivity contribution in [3.8, 4) is 33.4 Å². The SMILES string of the molecule is Cc1cc(C)c(-c2ccc3c(cc(-c4ccccc4)c4ccccc43)c2-c2c(C)cc(C)cc2C)c(C)c1. The van der Waals surface area contributed by atoms with E-state index in [1.165, 1.54) is 88.3 Å². The molecule has 0 N–H and O–H groups in total. The van der Waals surface area contributed by atoms with Crippen LogP contribution in [0.5, 0.6) is 0 Å². The van der Waals surface area contributed by atoms with Crippen molar-refractivity contribution in [2.24, 2.45) is 0 Å². The maximum Gasteiger partial charge on any atom is -0.00208 e. The summed E-state index contributed by atoms with van der Waals surface area (Å²) in [6.07, 6.45) is 0. The Bertz CT molecular complexity index is 1810. The highest BCUT2D eigenvalue weighted by Crippen LogP contribution is 2.46. The molecule has 0 bridgehead atoms. The van der Waals surface area contributed by atoms with E-state index in [1.54, 1.807) is 0 Å². The average molecular weight is 491 g/mol. The van der Waals surface area contributed by atoms with Crippen molar-refractivity contribution in [1.29, 1.82) is 0 Å². The van der Waals surface area contributed by atoms with Gasteiger partial charge in [0.15, 0.2) is 0 Å². The van der Waals surface area contributed by atoms with Gasteiger partial charge in [-0.05, 0) is 125 Å². The molecule has 0 spiro atoms. The van der Waals surface area contributed by atoms with Crippen LogP contribution >= 0.6 is 0 Å². The number of hydrogen-bond donors (Lipinski definition) is 0. The third-order valence-corrected chi connectivity index (χ3v) is 8.00. The van der Waals surface area contributed by atoms with Gasteiger partial charge in [0.25, 0.3) is 0 Å². The van der Waals surface area contributed by atoms with Gasteiger partial charge in [-0.25, -0.2) is 0 Å². The molecule has 0 heterocycles. The number of fused-ring (bicyclic) bond motifs is 3. The van der Waals surface area contributed by atoms with Gasteiger partial charge in [-0.2, -0.15) is 0 Å². The Kier molecular flexibility index (Phi) is 5.92. The molecule has 186 valence electrons. The van der Waals surface area contributed by atoms with Crippen molar-refractivity contribution in [3.05, 3.63) is 130 Å². The largest absolute Gasteiger partial charge is 0.0622 e. The van der Waals surface area contributed by atoms with Gasteiger partial charge in [-0.3, -0.25) is 0 Å². The Labute approximate surface area is 226 Å². The van der Waals surface area contributed by atoms with Crippen molar-refractivity contribution >= 4 is 21.5 Å². The fourth-order valence-corrected chi connectivity index (χ4v) is 6.69. The van der Waals surface area contributed by atoms with E-state index in [0.717, 1.165) is 0 Å². The van der Waals surface area contributed by atoms with Gasteiger partial charge in [-0.1, -0.05) is 102 Å². The number of rotatable bonds is 3. The van der Waals surface area contributed by atoms with Crippen LogP contribution in [0.25, 0.3) is 54.9 Å². The minimum absolute atomic E-state index is 1.25. The van der Waals surface area contributed by atoms with E-state index in [9.17, 15) is 0 Å². The summed E-state index contributed by atoms with van der Waals surface area (Å²) in [5.41, 5.74) is 15.8. The summed E-state index contributed by atoms with van der Waals surface area (Å²) in [6.45, 7) is 13.4. The molecule has 0 aliphatic heterocycles. The molecule has 6 rings (SSSR count). The Hall–Kier alpha value is -4.16. The zero-order chi connectivity index (χ0) is 26.6. The average Bonchev–Trinajstić information content (AvgIpc) is 2.88. The first kappa shape index (κ1) is 24.2. The van der Waals surface area contributed by atoms with Crippen molar-refractivity contribution in [3.63, 3.8) is 0 Å². The molecule has 0 saturated carbocycles. The molecule has 0 aliphatic rings. The second-order valence-corrected chi connectivity index (χ2v) is 11.0. The summed E-state index contributed by atoms with van der Waals surface area (Å²) in [5, 5.41) is 5.22. The fourth-order valence-electron chi connectivity index (χ4n) is 6.69. The van der Waals surface area contributed by atoms with Crippen LogP contribution in [0.1, 0.15) is 33.4 Å². The van der Waals surface area contributed by atoms with Crippen molar-refractivity contribution < 1.29 is 0 Å². The summed E-state index contributed by atoms with van der Waals surface area (Å²) < 4.78 is 0. The summed E-state index contributed by atoms with van der Waals surface area (Å²) in [4.78, 5) is 0. The molecule has 0 saturated heterocycles. The Balaban J connectivity index is 1.85. The molecule has 38 heavy (non-hydrogen) atoms. The van der Waals surface area contributed by atoms with Crippen LogP contribution in [0.2, 0.25) is 0 Å². The lowest BCUT2D eigenvalue weighted by Crippen LogP contribution is -1.98. The van der Waals surface area contributed by atoms with Crippen LogP contribution in [0.4, 0.5) is 0 Å². The summed E-state index contributed by atoms with van der Waals surface area (Å²) in [5.74, 6) is 0. The molecule has 0 unspecified atom stereocenters. The van der Waals surface area contributed by atoms with Crippen LogP contribution in [-0.2, 0) is 0 Å². The standard InChI is InChI=1S/C38H34/c1-23-18-25(3)36(26(4)19-23)33-17-16-32-30-14-10-11-15-31(30)34(29-12-8-7-9-13-29)22-35(32)38(33)37-27(5)20-24(2)21-28(37)6/h7-22H,1-6H3. The molecule has 0 radical (unpaired) electrons. The molecule has 6 aromatic rings. The van der Waals surface area contributed by atoms with Gasteiger partial charge in [0.05, 0.1) is 0 Å². The minimum atomic E-state index is 1.25. The first-order valence-corrected chi connectivity index (χ1v) is 13.5. The van der Waals surface area contributed by atoms with E-state index in [2.05, 4.69) is 139 Å². The topological polar surface area (TPSA) is 0 Å². The lowest BCUT2D eigenvalue weighted by atomic mass is 9.81. The molecule has 0 amide bonds. The molecular weight excluding hydrogens is 456 g/mol. The summed E-state index contributed by atoms with van der Waals surface area (Å²) >= 11 is 0. The molecule has 6 aromatic carbocycles. The van der Waals surface area contributed by atoms with Crippen LogP contribution in [0.3, 0.4) is 0 Å². The lowest BCUT2D eigenvalue weighted by Gasteiger charge is -2.23. The number of hydrogen-bond acceptors (Lipinski definition) is 0. The lowest BCUT2D eigenvalue weighted by molar-refractivity contribution is 1.31. The molecular formula is C38H34. The van der Waals surface area contributed by atoms with Crippen molar-refractivity contribution in [1.82, 2.24) is 0 Å².